The van der Waals surface area contributed by atoms with Gasteiger partial charge in [-0.25, -0.2) is 14.0 Å². The number of carbonyl (C=O) groups excluding carboxylic acids is 3. The molecule has 3 N–H and O–H groups in total. The summed E-state index contributed by atoms with van der Waals surface area (Å²) in [7, 11) is 0. The Hall–Kier alpha value is -3.99. The van der Waals surface area contributed by atoms with Gasteiger partial charge in [0.1, 0.15) is 12.4 Å². The minimum atomic E-state index is -1.40. The Labute approximate surface area is 178 Å². The smallest absolute Gasteiger partial charge is 0.337 e. The molecule has 1 heterocycles. The van der Waals surface area contributed by atoms with E-state index in [1.54, 1.807) is 0 Å². The number of carboxylic acid groups (broad SMARTS) is 2. The number of rotatable bonds is 6. The lowest BCUT2D eigenvalue weighted by Crippen LogP contribution is -2.36. The van der Waals surface area contributed by atoms with E-state index in [9.17, 15) is 33.5 Å². The monoisotopic (exact) mass is 444 g/mol. The van der Waals surface area contributed by atoms with Gasteiger partial charge in [-0.3, -0.25) is 19.3 Å². The maximum atomic E-state index is 13.0. The Morgan fingerprint density at radius 3 is 2.32 bits per heavy atom. The number of benzene rings is 2. The van der Waals surface area contributed by atoms with Crippen molar-refractivity contribution in [1.29, 1.82) is 0 Å². The Balaban J connectivity index is 1.76. The van der Waals surface area contributed by atoms with Gasteiger partial charge in [0.2, 0.25) is 5.91 Å². The van der Waals surface area contributed by atoms with Crippen molar-refractivity contribution in [2.24, 2.45) is 0 Å². The molecule has 31 heavy (non-hydrogen) atoms. The summed E-state index contributed by atoms with van der Waals surface area (Å²) < 4.78 is 13.0. The highest BCUT2D eigenvalue weighted by Gasteiger charge is 2.36. The molecule has 0 atom stereocenters. The second kappa shape index (κ2) is 8.79. The first-order chi connectivity index (χ1) is 14.7. The van der Waals surface area contributed by atoms with E-state index in [0.717, 1.165) is 18.2 Å². The molecule has 0 radical (unpaired) electrons. The molecular formula is C20H13FN2O7S. The van der Waals surface area contributed by atoms with Crippen molar-refractivity contribution in [2.45, 2.75) is 0 Å². The van der Waals surface area contributed by atoms with Crippen LogP contribution in [0.15, 0.2) is 47.4 Å². The summed E-state index contributed by atoms with van der Waals surface area (Å²) in [4.78, 5) is 60.1. The SMILES string of the molecule is O=C(CN1C(=O)S/C(=C\c2ccc(F)cc2)C1=O)Nc1cc(C(=O)O)ccc1C(=O)O. The van der Waals surface area contributed by atoms with Crippen LogP contribution in [0, 0.1) is 5.82 Å². The minimum Gasteiger partial charge on any atom is -0.478 e. The normalized spacial score (nSPS) is 14.7. The van der Waals surface area contributed by atoms with Crippen LogP contribution < -0.4 is 5.32 Å². The van der Waals surface area contributed by atoms with E-state index in [4.69, 9.17) is 5.11 Å². The number of carboxylic acids is 2. The molecule has 0 aromatic heterocycles. The summed E-state index contributed by atoms with van der Waals surface area (Å²) >= 11 is 0.596. The van der Waals surface area contributed by atoms with Crippen LogP contribution in [0.2, 0.25) is 0 Å². The maximum absolute atomic E-state index is 13.0. The third-order valence-corrected chi connectivity index (χ3v) is 5.02. The minimum absolute atomic E-state index is 0.0310. The van der Waals surface area contributed by atoms with E-state index in [1.807, 2.05) is 0 Å². The number of thioether (sulfide) groups is 1. The summed E-state index contributed by atoms with van der Waals surface area (Å²) in [5.74, 6) is -4.83. The van der Waals surface area contributed by atoms with Crippen molar-refractivity contribution in [3.63, 3.8) is 0 Å². The standard InChI is InChI=1S/C20H13FN2O7S/c21-12-4-1-10(2-5-12)7-15-17(25)23(20(30)31-15)9-16(24)22-14-8-11(18(26)27)3-6-13(14)19(28)29/h1-8H,9H2,(H,22,24)(H,26,27)(H,28,29)/b15-7-. The summed E-state index contributed by atoms with van der Waals surface area (Å²) in [6.45, 7) is -0.707. The summed E-state index contributed by atoms with van der Waals surface area (Å²) in [6.07, 6.45) is 1.38. The number of anilines is 1. The van der Waals surface area contributed by atoms with Crippen molar-refractivity contribution < 1.29 is 38.6 Å². The van der Waals surface area contributed by atoms with Crippen LogP contribution in [0.1, 0.15) is 26.3 Å². The molecule has 3 rings (SSSR count). The van der Waals surface area contributed by atoms with Gasteiger partial charge in [0.05, 0.1) is 21.7 Å². The zero-order valence-electron chi connectivity index (χ0n) is 15.5. The average Bonchev–Trinajstić information content (AvgIpc) is 2.96. The van der Waals surface area contributed by atoms with Gasteiger partial charge in [-0.05, 0) is 53.7 Å². The lowest BCUT2D eigenvalue weighted by Gasteiger charge is -2.14. The molecule has 1 aliphatic rings. The van der Waals surface area contributed by atoms with Crippen molar-refractivity contribution in [2.75, 3.05) is 11.9 Å². The number of amides is 3. The van der Waals surface area contributed by atoms with E-state index >= 15 is 0 Å². The quantitative estimate of drug-likeness (QED) is 0.578. The first-order valence-electron chi connectivity index (χ1n) is 8.57. The number of nitrogens with one attached hydrogen (secondary N) is 1. The lowest BCUT2D eigenvalue weighted by molar-refractivity contribution is -0.127. The number of hydrogen-bond donors (Lipinski definition) is 3. The number of aromatic carboxylic acids is 2. The molecular weight excluding hydrogens is 431 g/mol. The van der Waals surface area contributed by atoms with Gasteiger partial charge in [-0.15, -0.1) is 0 Å². The van der Waals surface area contributed by atoms with Crippen LogP contribution in [0.4, 0.5) is 14.9 Å². The number of nitrogens with zero attached hydrogens (tertiary/aromatic N) is 1. The summed E-state index contributed by atoms with van der Waals surface area (Å²) in [5, 5.41) is 19.8. The maximum Gasteiger partial charge on any atom is 0.337 e. The van der Waals surface area contributed by atoms with Crippen LogP contribution in [0.5, 0.6) is 0 Å². The fraction of sp³-hybridized carbons (Fsp3) is 0.0500. The van der Waals surface area contributed by atoms with Gasteiger partial charge < -0.3 is 15.5 Å². The van der Waals surface area contributed by atoms with Crippen molar-refractivity contribution in [3.8, 4) is 0 Å². The summed E-state index contributed by atoms with van der Waals surface area (Å²) in [6, 6.07) is 8.26. The lowest BCUT2D eigenvalue weighted by atomic mass is 10.1. The van der Waals surface area contributed by atoms with Crippen LogP contribution in [0.3, 0.4) is 0 Å². The van der Waals surface area contributed by atoms with Crippen LogP contribution in [-0.2, 0) is 9.59 Å². The second-order valence-corrected chi connectivity index (χ2v) is 7.23. The summed E-state index contributed by atoms with van der Waals surface area (Å²) in [5.41, 5.74) is -0.420. The second-order valence-electron chi connectivity index (χ2n) is 6.24. The Kier molecular flexibility index (Phi) is 6.16. The predicted octanol–water partition coefficient (Wildman–Crippen LogP) is 2.90. The zero-order valence-corrected chi connectivity index (χ0v) is 16.3. The largest absolute Gasteiger partial charge is 0.478 e. The van der Waals surface area contributed by atoms with E-state index in [2.05, 4.69) is 5.32 Å². The molecule has 0 saturated carbocycles. The van der Waals surface area contributed by atoms with E-state index in [1.165, 1.54) is 30.3 Å². The molecule has 3 amide bonds. The Bertz CT molecular complexity index is 1140. The number of carbonyl (C=O) groups is 5. The molecule has 0 aliphatic carbocycles. The molecule has 0 unspecified atom stereocenters. The third kappa shape index (κ3) is 4.95. The molecule has 0 spiro atoms. The van der Waals surface area contributed by atoms with Gasteiger partial charge in [-0.2, -0.15) is 0 Å². The van der Waals surface area contributed by atoms with Gasteiger partial charge in [0, 0.05) is 0 Å². The number of imide groups is 1. The van der Waals surface area contributed by atoms with Gasteiger partial charge in [-0.1, -0.05) is 12.1 Å². The Morgan fingerprint density at radius 2 is 1.71 bits per heavy atom. The van der Waals surface area contributed by atoms with Gasteiger partial charge in [0.15, 0.2) is 0 Å². The third-order valence-electron chi connectivity index (χ3n) is 4.11. The molecule has 2 aromatic carbocycles. The van der Waals surface area contributed by atoms with Gasteiger partial charge >= 0.3 is 11.9 Å². The van der Waals surface area contributed by atoms with Crippen LogP contribution >= 0.6 is 11.8 Å². The fourth-order valence-corrected chi connectivity index (χ4v) is 3.49. The predicted molar refractivity (Wildman–Crippen MR) is 108 cm³/mol. The van der Waals surface area contributed by atoms with E-state index in [-0.39, 0.29) is 21.7 Å². The van der Waals surface area contributed by atoms with Crippen molar-refractivity contribution in [1.82, 2.24) is 4.90 Å². The fourth-order valence-electron chi connectivity index (χ4n) is 2.65. The van der Waals surface area contributed by atoms with E-state index in [0.29, 0.717) is 22.2 Å². The van der Waals surface area contributed by atoms with Crippen molar-refractivity contribution >= 4 is 52.5 Å². The molecule has 1 fully saturated rings. The average molecular weight is 444 g/mol. The molecule has 9 nitrogen and oxygen atoms in total. The first kappa shape index (κ1) is 21.7. The molecule has 11 heteroatoms. The van der Waals surface area contributed by atoms with Crippen LogP contribution in [-0.4, -0.2) is 50.6 Å². The molecule has 0 bridgehead atoms. The molecule has 1 aliphatic heterocycles. The van der Waals surface area contributed by atoms with Gasteiger partial charge in [0.25, 0.3) is 11.1 Å². The first-order valence-corrected chi connectivity index (χ1v) is 9.39. The topological polar surface area (TPSA) is 141 Å². The van der Waals surface area contributed by atoms with E-state index < -0.39 is 41.4 Å². The van der Waals surface area contributed by atoms with Crippen molar-refractivity contribution in [3.05, 3.63) is 69.9 Å². The molecule has 1 saturated heterocycles. The highest BCUT2D eigenvalue weighted by molar-refractivity contribution is 8.18. The highest BCUT2D eigenvalue weighted by Crippen LogP contribution is 2.32. The number of hydrogen-bond acceptors (Lipinski definition) is 6. The highest BCUT2D eigenvalue weighted by atomic mass is 32.2. The molecule has 2 aromatic rings. The number of halogens is 1. The molecule has 158 valence electrons. The Morgan fingerprint density at radius 1 is 1.03 bits per heavy atom. The van der Waals surface area contributed by atoms with Crippen LogP contribution in [0.25, 0.3) is 6.08 Å². The zero-order chi connectivity index (χ0) is 22.7.